The van der Waals surface area contributed by atoms with E-state index in [1.54, 1.807) is 6.07 Å². The number of para-hydroxylation sites is 1. The fourth-order valence-electron chi connectivity index (χ4n) is 2.63. The summed E-state index contributed by atoms with van der Waals surface area (Å²) in [5.41, 5.74) is 2.69. The molecule has 0 radical (unpaired) electrons. The van der Waals surface area contributed by atoms with Crippen LogP contribution >= 0.6 is 15.9 Å². The number of nitrogens with one attached hydrogen (secondary N) is 1. The Kier molecular flexibility index (Phi) is 3.66. The monoisotopic (exact) mass is 349 g/mol. The average Bonchev–Trinajstić information content (AvgIpc) is 2.71. The maximum atomic E-state index is 13.8. The van der Waals surface area contributed by atoms with Gasteiger partial charge in [-0.1, -0.05) is 18.2 Å². The first-order chi connectivity index (χ1) is 9.94. The van der Waals surface area contributed by atoms with E-state index >= 15 is 0 Å². The highest BCUT2D eigenvalue weighted by molar-refractivity contribution is 9.10. The fourth-order valence-corrected chi connectivity index (χ4v) is 3.11. The SMILES string of the molecule is CC1(C)Cc2cc(CNc3c(F)cccc3Br)ccc2O1. The molecule has 0 saturated heterocycles. The zero-order valence-corrected chi connectivity index (χ0v) is 13.6. The first kappa shape index (κ1) is 14.4. The van der Waals surface area contributed by atoms with Crippen molar-refractivity contribution in [3.8, 4) is 5.75 Å². The molecule has 110 valence electrons. The van der Waals surface area contributed by atoms with Gasteiger partial charge in [0.05, 0.1) is 5.69 Å². The summed E-state index contributed by atoms with van der Waals surface area (Å²) in [5.74, 6) is 0.700. The molecule has 2 aromatic rings. The largest absolute Gasteiger partial charge is 0.487 e. The second kappa shape index (κ2) is 5.34. The van der Waals surface area contributed by atoms with Crippen molar-refractivity contribution in [1.29, 1.82) is 0 Å². The van der Waals surface area contributed by atoms with Crippen LogP contribution in [-0.4, -0.2) is 5.60 Å². The van der Waals surface area contributed by atoms with Gasteiger partial charge in [-0.2, -0.15) is 0 Å². The summed E-state index contributed by atoms with van der Waals surface area (Å²) in [6.45, 7) is 4.75. The number of halogens is 2. The molecule has 21 heavy (non-hydrogen) atoms. The van der Waals surface area contributed by atoms with Crippen molar-refractivity contribution in [1.82, 2.24) is 0 Å². The predicted molar refractivity (Wildman–Crippen MR) is 86.3 cm³/mol. The highest BCUT2D eigenvalue weighted by Crippen LogP contribution is 2.35. The fraction of sp³-hybridized carbons (Fsp3) is 0.294. The second-order valence-corrected chi connectivity index (χ2v) is 6.79. The maximum Gasteiger partial charge on any atom is 0.147 e. The van der Waals surface area contributed by atoms with Crippen LogP contribution in [0.5, 0.6) is 5.75 Å². The third-order valence-electron chi connectivity index (χ3n) is 3.56. The van der Waals surface area contributed by atoms with Crippen LogP contribution in [0.3, 0.4) is 0 Å². The van der Waals surface area contributed by atoms with Gasteiger partial charge < -0.3 is 10.1 Å². The van der Waals surface area contributed by atoms with E-state index in [2.05, 4.69) is 41.2 Å². The molecule has 0 aromatic heterocycles. The van der Waals surface area contributed by atoms with Crippen molar-refractivity contribution >= 4 is 21.6 Å². The Hall–Kier alpha value is -1.55. The zero-order chi connectivity index (χ0) is 15.0. The second-order valence-electron chi connectivity index (χ2n) is 5.93. The van der Waals surface area contributed by atoms with E-state index in [0.717, 1.165) is 22.2 Å². The quantitative estimate of drug-likeness (QED) is 0.849. The molecule has 1 aliphatic rings. The van der Waals surface area contributed by atoms with Crippen molar-refractivity contribution in [3.05, 3.63) is 57.8 Å². The van der Waals surface area contributed by atoms with E-state index in [1.807, 2.05) is 18.2 Å². The Morgan fingerprint density at radius 1 is 1.29 bits per heavy atom. The molecule has 0 unspecified atom stereocenters. The number of hydrogen-bond donors (Lipinski definition) is 1. The molecular formula is C17H17BrFNO. The van der Waals surface area contributed by atoms with Crippen LogP contribution in [-0.2, 0) is 13.0 Å². The van der Waals surface area contributed by atoms with Gasteiger partial charge in [-0.05, 0) is 59.1 Å². The highest BCUT2D eigenvalue weighted by Gasteiger charge is 2.29. The lowest BCUT2D eigenvalue weighted by molar-refractivity contribution is 0.138. The molecule has 0 fully saturated rings. The Morgan fingerprint density at radius 3 is 2.86 bits per heavy atom. The molecule has 0 amide bonds. The van der Waals surface area contributed by atoms with Gasteiger partial charge in [-0.25, -0.2) is 4.39 Å². The Labute approximate surface area is 132 Å². The van der Waals surface area contributed by atoms with Crippen LogP contribution in [0.4, 0.5) is 10.1 Å². The normalized spacial score (nSPS) is 15.4. The first-order valence-electron chi connectivity index (χ1n) is 6.93. The average molecular weight is 350 g/mol. The lowest BCUT2D eigenvalue weighted by atomic mass is 10.0. The summed E-state index contributed by atoms with van der Waals surface area (Å²) in [5, 5.41) is 3.15. The number of benzene rings is 2. The molecule has 1 N–H and O–H groups in total. The molecule has 1 heterocycles. The van der Waals surface area contributed by atoms with Crippen molar-refractivity contribution in [2.24, 2.45) is 0 Å². The van der Waals surface area contributed by atoms with Gasteiger partial charge in [0.2, 0.25) is 0 Å². The number of fused-ring (bicyclic) bond motifs is 1. The van der Waals surface area contributed by atoms with Gasteiger partial charge in [0.1, 0.15) is 17.2 Å². The smallest absolute Gasteiger partial charge is 0.147 e. The summed E-state index contributed by atoms with van der Waals surface area (Å²) in [7, 11) is 0. The van der Waals surface area contributed by atoms with E-state index in [4.69, 9.17) is 4.74 Å². The summed E-state index contributed by atoms with van der Waals surface area (Å²) in [6.07, 6.45) is 0.902. The summed E-state index contributed by atoms with van der Waals surface area (Å²) < 4.78 is 20.4. The minimum Gasteiger partial charge on any atom is -0.487 e. The summed E-state index contributed by atoms with van der Waals surface area (Å²) in [4.78, 5) is 0. The van der Waals surface area contributed by atoms with Crippen LogP contribution < -0.4 is 10.1 Å². The van der Waals surface area contributed by atoms with Crippen molar-refractivity contribution in [2.45, 2.75) is 32.4 Å². The third-order valence-corrected chi connectivity index (χ3v) is 4.22. The molecule has 1 aliphatic heterocycles. The van der Waals surface area contributed by atoms with Gasteiger partial charge in [0.15, 0.2) is 0 Å². The Morgan fingerprint density at radius 2 is 2.10 bits per heavy atom. The molecular weight excluding hydrogens is 333 g/mol. The number of ether oxygens (including phenoxy) is 1. The minimum atomic E-state index is -0.255. The first-order valence-corrected chi connectivity index (χ1v) is 7.73. The molecule has 0 atom stereocenters. The van der Waals surface area contributed by atoms with Crippen LogP contribution in [0.15, 0.2) is 40.9 Å². The van der Waals surface area contributed by atoms with Crippen LogP contribution in [0.2, 0.25) is 0 Å². The number of rotatable bonds is 3. The van der Waals surface area contributed by atoms with Crippen LogP contribution in [0.25, 0.3) is 0 Å². The van der Waals surface area contributed by atoms with Gasteiger partial charge in [-0.15, -0.1) is 0 Å². The molecule has 0 aliphatic carbocycles. The van der Waals surface area contributed by atoms with E-state index in [1.165, 1.54) is 11.6 Å². The number of hydrogen-bond acceptors (Lipinski definition) is 2. The molecule has 3 rings (SSSR count). The van der Waals surface area contributed by atoms with Crippen LogP contribution in [0.1, 0.15) is 25.0 Å². The van der Waals surface area contributed by atoms with E-state index in [-0.39, 0.29) is 11.4 Å². The lowest BCUT2D eigenvalue weighted by Crippen LogP contribution is -2.24. The summed E-state index contributed by atoms with van der Waals surface area (Å²) in [6, 6.07) is 11.1. The van der Waals surface area contributed by atoms with Crippen molar-refractivity contribution < 1.29 is 9.13 Å². The van der Waals surface area contributed by atoms with Gasteiger partial charge in [0, 0.05) is 17.4 Å². The highest BCUT2D eigenvalue weighted by atomic mass is 79.9. The maximum absolute atomic E-state index is 13.8. The topological polar surface area (TPSA) is 21.3 Å². The van der Waals surface area contributed by atoms with E-state index in [0.29, 0.717) is 12.2 Å². The standard InChI is InChI=1S/C17H17BrFNO/c1-17(2)9-12-8-11(6-7-15(12)21-17)10-20-16-13(18)4-3-5-14(16)19/h3-8,20H,9-10H2,1-2H3. The molecule has 0 bridgehead atoms. The van der Waals surface area contributed by atoms with Crippen molar-refractivity contribution in [2.75, 3.05) is 5.32 Å². The molecule has 0 saturated carbocycles. The molecule has 4 heteroatoms. The van der Waals surface area contributed by atoms with Gasteiger partial charge >= 0.3 is 0 Å². The zero-order valence-electron chi connectivity index (χ0n) is 12.0. The molecule has 0 spiro atoms. The summed E-state index contributed by atoms with van der Waals surface area (Å²) >= 11 is 3.36. The van der Waals surface area contributed by atoms with Gasteiger partial charge in [0.25, 0.3) is 0 Å². The third kappa shape index (κ3) is 3.05. The minimum absolute atomic E-state index is 0.136. The van der Waals surface area contributed by atoms with Crippen LogP contribution in [0, 0.1) is 5.82 Å². The van der Waals surface area contributed by atoms with E-state index in [9.17, 15) is 4.39 Å². The van der Waals surface area contributed by atoms with Gasteiger partial charge in [-0.3, -0.25) is 0 Å². The molecule has 2 nitrogen and oxygen atoms in total. The molecule has 2 aromatic carbocycles. The van der Waals surface area contributed by atoms with Crippen molar-refractivity contribution in [3.63, 3.8) is 0 Å². The number of anilines is 1. The predicted octanol–water partition coefficient (Wildman–Crippen LogP) is 4.91. The lowest BCUT2D eigenvalue weighted by Gasteiger charge is -2.16. The van der Waals surface area contributed by atoms with E-state index < -0.39 is 0 Å². The Balaban J connectivity index is 1.76. The Bertz CT molecular complexity index is 664.